The molecular weight excluding hydrogens is 615 g/mol. The van der Waals surface area contributed by atoms with Crippen LogP contribution in [-0.4, -0.2) is 58.6 Å². The molecule has 1 aromatic rings. The summed E-state index contributed by atoms with van der Waals surface area (Å²) in [4.78, 5) is 55.3. The number of rotatable bonds is 4. The van der Waals surface area contributed by atoms with Gasteiger partial charge in [0.15, 0.2) is 12.4 Å². The normalized spacial score (nSPS) is 22.3. The van der Waals surface area contributed by atoms with Crippen molar-refractivity contribution in [3.8, 4) is 0 Å². The minimum absolute atomic E-state index is 0. The first-order chi connectivity index (χ1) is 17.6. The van der Waals surface area contributed by atoms with Crippen molar-refractivity contribution in [2.45, 2.75) is 84.1 Å². The molecule has 0 bridgehead atoms. The molecule has 0 aromatic carbocycles. The second-order valence-electron chi connectivity index (χ2n) is 11.9. The van der Waals surface area contributed by atoms with Crippen molar-refractivity contribution < 1.29 is 57.2 Å². The average molecular weight is 653 g/mol. The molecule has 3 aliphatic heterocycles. The van der Waals surface area contributed by atoms with Crippen molar-refractivity contribution in [1.82, 2.24) is 10.2 Å². The molecule has 4 heterocycles. The van der Waals surface area contributed by atoms with E-state index in [2.05, 4.69) is 5.32 Å². The van der Waals surface area contributed by atoms with Crippen LogP contribution < -0.4 is 38.8 Å². The zero-order valence-electron chi connectivity index (χ0n) is 23.5. The molecule has 3 amide bonds. The number of allylic oxidation sites excluding steroid dienone is 2. The summed E-state index contributed by atoms with van der Waals surface area (Å²) in [6.45, 7) is 11.0. The van der Waals surface area contributed by atoms with Crippen LogP contribution in [0.25, 0.3) is 0 Å². The molecule has 0 unspecified atom stereocenters. The number of β-lactam (4-membered cyclic amide) rings is 1. The van der Waals surface area contributed by atoms with Gasteiger partial charge in [-0.3, -0.25) is 14.5 Å². The number of ether oxygens (including phenoxy) is 2. The molecule has 4 rings (SSSR count). The summed E-state index contributed by atoms with van der Waals surface area (Å²) in [6.07, 6.45) is 6.32. The topological polar surface area (TPSA) is 109 Å². The van der Waals surface area contributed by atoms with Gasteiger partial charge in [0.25, 0.3) is 11.8 Å². The molecular formula is C28H37IN4O6. The highest BCUT2D eigenvalue weighted by Crippen LogP contribution is 2.39. The number of hydrogen-bond donors (Lipinski definition) is 1. The lowest BCUT2D eigenvalue weighted by Crippen LogP contribution is -3.00. The van der Waals surface area contributed by atoms with Gasteiger partial charge in [0.2, 0.25) is 0 Å². The number of nitrogens with one attached hydrogen (secondary N) is 1. The molecule has 1 aromatic heterocycles. The number of nitrogens with zero attached hydrogens (tertiary/aromatic N) is 3. The fourth-order valence-corrected chi connectivity index (χ4v) is 4.92. The van der Waals surface area contributed by atoms with Gasteiger partial charge in [-0.2, -0.15) is 0 Å². The molecule has 0 spiro atoms. The summed E-state index contributed by atoms with van der Waals surface area (Å²) >= 11 is 0. The van der Waals surface area contributed by atoms with Crippen LogP contribution in [0.2, 0.25) is 0 Å². The molecule has 10 nitrogen and oxygen atoms in total. The summed E-state index contributed by atoms with van der Waals surface area (Å²) in [5, 5.41) is 2.65. The Morgan fingerprint density at radius 3 is 2.36 bits per heavy atom. The molecule has 11 heteroatoms. The van der Waals surface area contributed by atoms with Gasteiger partial charge in [0, 0.05) is 18.2 Å². The van der Waals surface area contributed by atoms with E-state index < -0.39 is 41.3 Å². The maximum Gasteiger partial charge on any atom is 0.408 e. The van der Waals surface area contributed by atoms with Gasteiger partial charge in [-0.05, 0) is 78.5 Å². The Balaban J connectivity index is 0.00000420. The molecule has 0 saturated carbocycles. The largest absolute Gasteiger partial charge is 1.00 e. The molecule has 2 atom stereocenters. The Kier molecular flexibility index (Phi) is 8.83. The van der Waals surface area contributed by atoms with Crippen molar-refractivity contribution in [1.29, 1.82) is 0 Å². The maximum atomic E-state index is 13.3. The van der Waals surface area contributed by atoms with Gasteiger partial charge >= 0.3 is 12.1 Å². The number of anilines is 1. The van der Waals surface area contributed by atoms with Crippen LogP contribution in [0.4, 0.5) is 10.5 Å². The molecule has 0 radical (unpaired) electrons. The number of hydrogen-bond acceptors (Lipinski definition) is 6. The lowest BCUT2D eigenvalue weighted by molar-refractivity contribution is -0.670. The summed E-state index contributed by atoms with van der Waals surface area (Å²) in [5.41, 5.74) is 0.602. The summed E-state index contributed by atoms with van der Waals surface area (Å²) in [7, 11) is 1.90. The number of fused-ring (bicyclic) bond motifs is 1. The van der Waals surface area contributed by atoms with Crippen molar-refractivity contribution in [3.63, 3.8) is 0 Å². The minimum atomic E-state index is -0.793. The second-order valence-corrected chi connectivity index (χ2v) is 11.9. The Morgan fingerprint density at radius 2 is 1.74 bits per heavy atom. The van der Waals surface area contributed by atoms with E-state index >= 15 is 0 Å². The number of amides is 3. The van der Waals surface area contributed by atoms with Gasteiger partial charge in [0.05, 0.1) is 6.04 Å². The zero-order chi connectivity index (χ0) is 28.0. The van der Waals surface area contributed by atoms with Crippen LogP contribution in [0.1, 0.15) is 60.8 Å². The number of aryl methyl sites for hydroxylation is 1. The number of aromatic nitrogens is 1. The summed E-state index contributed by atoms with van der Waals surface area (Å²) in [6, 6.07) is 2.57. The number of esters is 1. The quantitative estimate of drug-likeness (QED) is 0.157. The van der Waals surface area contributed by atoms with Crippen LogP contribution in [0.3, 0.4) is 0 Å². The van der Waals surface area contributed by atoms with Crippen LogP contribution in [0, 0.1) is 0 Å². The highest BCUT2D eigenvalue weighted by Gasteiger charge is 2.54. The fraction of sp³-hybridized carbons (Fsp3) is 0.536. The monoisotopic (exact) mass is 652 g/mol. The zero-order valence-corrected chi connectivity index (χ0v) is 25.7. The van der Waals surface area contributed by atoms with E-state index in [0.29, 0.717) is 37.0 Å². The van der Waals surface area contributed by atoms with Crippen LogP contribution in [-0.2, 0) is 30.9 Å². The third kappa shape index (κ3) is 6.79. The fourth-order valence-electron chi connectivity index (χ4n) is 4.92. The predicted molar refractivity (Wildman–Crippen MR) is 139 cm³/mol. The van der Waals surface area contributed by atoms with E-state index in [0.717, 1.165) is 5.69 Å². The highest BCUT2D eigenvalue weighted by molar-refractivity contribution is 6.09. The van der Waals surface area contributed by atoms with E-state index in [9.17, 15) is 19.2 Å². The smallest absolute Gasteiger partial charge is 0.408 e. The number of alkyl carbamates (subject to hydrolysis) is 1. The van der Waals surface area contributed by atoms with Gasteiger partial charge in [0.1, 0.15) is 35.7 Å². The molecule has 3 aliphatic rings. The van der Waals surface area contributed by atoms with Crippen molar-refractivity contribution in [2.75, 3.05) is 11.4 Å². The first-order valence-electron chi connectivity index (χ1n) is 12.9. The third-order valence-corrected chi connectivity index (χ3v) is 6.45. The third-order valence-electron chi connectivity index (χ3n) is 6.45. The maximum absolute atomic E-state index is 13.3. The van der Waals surface area contributed by atoms with Crippen LogP contribution in [0.15, 0.2) is 47.4 Å². The van der Waals surface area contributed by atoms with Crippen molar-refractivity contribution in [3.05, 3.63) is 47.4 Å². The van der Waals surface area contributed by atoms with Gasteiger partial charge < -0.3 is 43.7 Å². The van der Waals surface area contributed by atoms with Gasteiger partial charge in [-0.1, -0.05) is 0 Å². The lowest BCUT2D eigenvalue weighted by atomic mass is 9.83. The number of halogens is 1. The van der Waals surface area contributed by atoms with E-state index in [1.165, 1.54) is 4.90 Å². The molecule has 2 saturated heterocycles. The highest BCUT2D eigenvalue weighted by atomic mass is 127. The molecule has 2 fully saturated rings. The van der Waals surface area contributed by atoms with Gasteiger partial charge in [-0.25, -0.2) is 14.2 Å². The number of carbonyl (C=O) groups excluding carboxylic acids is 4. The van der Waals surface area contributed by atoms with E-state index in [1.807, 2.05) is 36.1 Å². The van der Waals surface area contributed by atoms with E-state index in [1.54, 1.807) is 52.5 Å². The second kappa shape index (κ2) is 11.3. The van der Waals surface area contributed by atoms with E-state index in [-0.39, 0.29) is 35.6 Å². The average Bonchev–Trinajstić information content (AvgIpc) is 3.14. The minimum Gasteiger partial charge on any atom is -1.00 e. The Labute approximate surface area is 246 Å². The first-order valence-corrected chi connectivity index (χ1v) is 12.9. The molecule has 1 N–H and O–H groups in total. The Bertz CT molecular complexity index is 1240. The Hall–Kier alpha value is -2.96. The number of carbonyl (C=O) groups is 4. The molecule has 212 valence electrons. The molecule has 39 heavy (non-hydrogen) atoms. The van der Waals surface area contributed by atoms with Crippen LogP contribution >= 0.6 is 0 Å². The van der Waals surface area contributed by atoms with Crippen molar-refractivity contribution >= 4 is 29.6 Å². The first kappa shape index (κ1) is 30.6. The Morgan fingerprint density at radius 1 is 1.08 bits per heavy atom. The standard InChI is InChI=1S/C28H36N4O6.HI/c1-27(2,3)37-25(35)22-17(15-18-12-14-31(23(18)33)19-9-8-13-30(7)16-19)10-11-20-21(24(34)32(20)22)29-26(36)38-28(4,5)6;/h8-9,13,15-16,20-21H,10-12,14H2,1-7H3;1H/b18-15+;/t20-,21+;/m1./s1. The number of pyridine rings is 1. The van der Waals surface area contributed by atoms with Crippen molar-refractivity contribution in [2.24, 2.45) is 7.05 Å². The summed E-state index contributed by atoms with van der Waals surface area (Å²) < 4.78 is 12.8. The predicted octanol–water partition coefficient (Wildman–Crippen LogP) is -0.328. The van der Waals surface area contributed by atoms with Gasteiger partial charge in [-0.15, -0.1) is 0 Å². The SMILES string of the molecule is C[n+]1cccc(N2CC/C(=C\C3=C(C(=O)OC(C)(C)C)N4C(=O)[C@@H](NC(=O)OC(C)(C)C)[C@H]4CC3)C2=O)c1.[I-]. The summed E-state index contributed by atoms with van der Waals surface area (Å²) in [5.74, 6) is -1.17. The lowest BCUT2D eigenvalue weighted by Gasteiger charge is -2.50. The molecule has 0 aliphatic carbocycles. The van der Waals surface area contributed by atoms with Crippen LogP contribution in [0.5, 0.6) is 0 Å². The van der Waals surface area contributed by atoms with E-state index in [4.69, 9.17) is 9.47 Å².